The molecule has 0 saturated heterocycles. The second-order valence-corrected chi connectivity index (χ2v) is 4.07. The smallest absolute Gasteiger partial charge is 0.254 e. The molecule has 0 aliphatic heterocycles. The van der Waals surface area contributed by atoms with Gasteiger partial charge in [0.2, 0.25) is 0 Å². The molecule has 0 bridgehead atoms. The van der Waals surface area contributed by atoms with E-state index in [2.05, 4.69) is 17.6 Å². The van der Waals surface area contributed by atoms with Crippen molar-refractivity contribution in [1.29, 1.82) is 0 Å². The molecule has 0 radical (unpaired) electrons. The Hall–Kier alpha value is -1.13. The molecule has 0 aliphatic rings. The summed E-state index contributed by atoms with van der Waals surface area (Å²) in [5.74, 6) is -1.02. The summed E-state index contributed by atoms with van der Waals surface area (Å²) >= 11 is 5.60. The molecule has 3 nitrogen and oxygen atoms in total. The molecule has 0 spiro atoms. The van der Waals surface area contributed by atoms with Crippen LogP contribution in [-0.2, 0) is 0 Å². The second-order valence-electron chi connectivity index (χ2n) is 3.63. The first kappa shape index (κ1) is 13.9. The zero-order valence-electron chi connectivity index (χ0n) is 9.72. The second kappa shape index (κ2) is 7.25. The standard InChI is InChI=1S/C12H16ClFN2O/c1-2-5-15-6-7-16-12(17)10-4-3-9(13)8-11(10)14/h3-4,8,15H,2,5-7H2,1H3,(H,16,17). The van der Waals surface area contributed by atoms with Crippen molar-refractivity contribution in [3.05, 3.63) is 34.6 Å². The highest BCUT2D eigenvalue weighted by Crippen LogP contribution is 2.14. The van der Waals surface area contributed by atoms with Crippen LogP contribution in [0.4, 0.5) is 4.39 Å². The Morgan fingerprint density at radius 1 is 1.35 bits per heavy atom. The Balaban J connectivity index is 2.42. The summed E-state index contributed by atoms with van der Waals surface area (Å²) in [6.07, 6.45) is 1.04. The fraction of sp³-hybridized carbons (Fsp3) is 0.417. The van der Waals surface area contributed by atoms with Crippen LogP contribution in [0.3, 0.4) is 0 Å². The normalized spacial score (nSPS) is 10.3. The molecule has 0 unspecified atom stereocenters. The minimum absolute atomic E-state index is 0.0184. The largest absolute Gasteiger partial charge is 0.351 e. The molecule has 1 aromatic rings. The lowest BCUT2D eigenvalue weighted by molar-refractivity contribution is 0.0950. The average Bonchev–Trinajstić information content (AvgIpc) is 2.28. The van der Waals surface area contributed by atoms with E-state index in [1.165, 1.54) is 12.1 Å². The van der Waals surface area contributed by atoms with E-state index >= 15 is 0 Å². The first-order valence-electron chi connectivity index (χ1n) is 5.59. The maximum atomic E-state index is 13.4. The van der Waals surface area contributed by atoms with Crippen LogP contribution in [0.2, 0.25) is 5.02 Å². The van der Waals surface area contributed by atoms with Crippen LogP contribution >= 0.6 is 11.6 Å². The van der Waals surface area contributed by atoms with Crippen molar-refractivity contribution in [1.82, 2.24) is 10.6 Å². The minimum atomic E-state index is -0.600. The van der Waals surface area contributed by atoms with Crippen LogP contribution in [0, 0.1) is 5.82 Å². The van der Waals surface area contributed by atoms with Crippen molar-refractivity contribution in [3.63, 3.8) is 0 Å². The van der Waals surface area contributed by atoms with Gasteiger partial charge in [-0.3, -0.25) is 4.79 Å². The summed E-state index contributed by atoms with van der Waals surface area (Å²) < 4.78 is 13.4. The monoisotopic (exact) mass is 258 g/mol. The van der Waals surface area contributed by atoms with E-state index in [0.29, 0.717) is 13.1 Å². The van der Waals surface area contributed by atoms with Gasteiger partial charge in [0.1, 0.15) is 5.82 Å². The predicted molar refractivity (Wildman–Crippen MR) is 66.9 cm³/mol. The maximum Gasteiger partial charge on any atom is 0.254 e. The Bertz CT molecular complexity index is 385. The van der Waals surface area contributed by atoms with Gasteiger partial charge in [-0.15, -0.1) is 0 Å². The van der Waals surface area contributed by atoms with E-state index in [1.807, 2.05) is 0 Å². The first-order valence-corrected chi connectivity index (χ1v) is 5.97. The molecular weight excluding hydrogens is 243 g/mol. The van der Waals surface area contributed by atoms with Gasteiger partial charge in [-0.25, -0.2) is 4.39 Å². The third-order valence-corrected chi connectivity index (χ3v) is 2.42. The van der Waals surface area contributed by atoms with Gasteiger partial charge in [0.25, 0.3) is 5.91 Å². The van der Waals surface area contributed by atoms with Gasteiger partial charge in [0.05, 0.1) is 5.56 Å². The summed E-state index contributed by atoms with van der Waals surface area (Å²) in [6, 6.07) is 4.01. The Morgan fingerprint density at radius 3 is 2.76 bits per heavy atom. The van der Waals surface area contributed by atoms with E-state index in [1.54, 1.807) is 0 Å². The quantitative estimate of drug-likeness (QED) is 0.768. The SMILES string of the molecule is CCCNCCNC(=O)c1ccc(Cl)cc1F. The third kappa shape index (κ3) is 4.71. The fourth-order valence-electron chi connectivity index (χ4n) is 1.34. The first-order chi connectivity index (χ1) is 8.15. The third-order valence-electron chi connectivity index (χ3n) is 2.19. The number of halogens is 2. The molecule has 0 heterocycles. The van der Waals surface area contributed by atoms with Crippen LogP contribution in [0.15, 0.2) is 18.2 Å². The number of amides is 1. The van der Waals surface area contributed by atoms with Crippen LogP contribution in [0.5, 0.6) is 0 Å². The predicted octanol–water partition coefficient (Wildman–Crippen LogP) is 2.21. The fourth-order valence-corrected chi connectivity index (χ4v) is 1.49. The summed E-state index contributed by atoms with van der Waals surface area (Å²) in [5.41, 5.74) is 0.0184. The maximum absolute atomic E-state index is 13.4. The van der Waals surface area contributed by atoms with Crippen LogP contribution in [0.1, 0.15) is 23.7 Å². The van der Waals surface area contributed by atoms with Crippen LogP contribution in [-0.4, -0.2) is 25.5 Å². The van der Waals surface area contributed by atoms with Crippen molar-refractivity contribution < 1.29 is 9.18 Å². The highest BCUT2D eigenvalue weighted by Gasteiger charge is 2.10. The molecule has 1 amide bonds. The van der Waals surface area contributed by atoms with Crippen LogP contribution < -0.4 is 10.6 Å². The molecule has 5 heteroatoms. The summed E-state index contributed by atoms with van der Waals surface area (Å²) in [6.45, 7) is 4.12. The number of carbonyl (C=O) groups is 1. The highest BCUT2D eigenvalue weighted by atomic mass is 35.5. The molecular formula is C12H16ClFN2O. The van der Waals surface area contributed by atoms with Crippen molar-refractivity contribution in [3.8, 4) is 0 Å². The average molecular weight is 259 g/mol. The van der Waals surface area contributed by atoms with Gasteiger partial charge in [0.15, 0.2) is 0 Å². The van der Waals surface area contributed by atoms with E-state index < -0.39 is 11.7 Å². The molecule has 1 aromatic carbocycles. The molecule has 0 aliphatic carbocycles. The van der Waals surface area contributed by atoms with Gasteiger partial charge < -0.3 is 10.6 Å². The number of hydrogen-bond acceptors (Lipinski definition) is 2. The van der Waals surface area contributed by atoms with E-state index in [0.717, 1.165) is 19.0 Å². The Labute approximate surface area is 105 Å². The molecule has 1 rings (SSSR count). The van der Waals surface area contributed by atoms with Gasteiger partial charge in [0, 0.05) is 18.1 Å². The topological polar surface area (TPSA) is 41.1 Å². The summed E-state index contributed by atoms with van der Waals surface area (Å²) in [5, 5.41) is 6.05. The van der Waals surface area contributed by atoms with Crippen molar-refractivity contribution in [2.45, 2.75) is 13.3 Å². The highest BCUT2D eigenvalue weighted by molar-refractivity contribution is 6.30. The van der Waals surface area contributed by atoms with Crippen molar-refractivity contribution in [2.75, 3.05) is 19.6 Å². The zero-order chi connectivity index (χ0) is 12.7. The Kier molecular flexibility index (Phi) is 5.94. The molecule has 0 aromatic heterocycles. The lowest BCUT2D eigenvalue weighted by Crippen LogP contribution is -2.32. The van der Waals surface area contributed by atoms with Gasteiger partial charge >= 0.3 is 0 Å². The van der Waals surface area contributed by atoms with Crippen molar-refractivity contribution in [2.24, 2.45) is 0 Å². The van der Waals surface area contributed by atoms with E-state index in [4.69, 9.17) is 11.6 Å². The summed E-state index contributed by atoms with van der Waals surface area (Å²) in [7, 11) is 0. The number of nitrogens with one attached hydrogen (secondary N) is 2. The van der Waals surface area contributed by atoms with E-state index in [-0.39, 0.29) is 10.6 Å². The molecule has 0 saturated carbocycles. The molecule has 94 valence electrons. The Morgan fingerprint density at radius 2 is 2.12 bits per heavy atom. The van der Waals surface area contributed by atoms with Crippen molar-refractivity contribution >= 4 is 17.5 Å². The molecule has 0 atom stereocenters. The zero-order valence-corrected chi connectivity index (χ0v) is 10.5. The van der Waals surface area contributed by atoms with Crippen LogP contribution in [0.25, 0.3) is 0 Å². The number of carbonyl (C=O) groups excluding carboxylic acids is 1. The molecule has 2 N–H and O–H groups in total. The lowest BCUT2D eigenvalue weighted by Gasteiger charge is -2.07. The van der Waals surface area contributed by atoms with Gasteiger partial charge in [-0.2, -0.15) is 0 Å². The number of benzene rings is 1. The minimum Gasteiger partial charge on any atom is -0.351 e. The lowest BCUT2D eigenvalue weighted by atomic mass is 10.2. The number of rotatable bonds is 6. The van der Waals surface area contributed by atoms with Gasteiger partial charge in [-0.1, -0.05) is 18.5 Å². The van der Waals surface area contributed by atoms with E-state index in [9.17, 15) is 9.18 Å². The molecule has 0 fully saturated rings. The van der Waals surface area contributed by atoms with Gasteiger partial charge in [-0.05, 0) is 31.2 Å². The molecule has 17 heavy (non-hydrogen) atoms. The number of hydrogen-bond donors (Lipinski definition) is 2. The summed E-state index contributed by atoms with van der Waals surface area (Å²) in [4.78, 5) is 11.6.